The lowest BCUT2D eigenvalue weighted by molar-refractivity contribution is -0.134. The number of nitrogens with zero attached hydrogens (tertiary/aromatic N) is 1. The molecule has 0 spiro atoms. The maximum absolute atomic E-state index is 13.0. The van der Waals surface area contributed by atoms with Crippen LogP contribution in [0.1, 0.15) is 24.8 Å². The zero-order chi connectivity index (χ0) is 18.2. The number of hydrogen-bond donors (Lipinski definition) is 2. The molecule has 2 N–H and O–H groups in total. The monoisotopic (exact) mass is 351 g/mol. The van der Waals surface area contributed by atoms with E-state index in [-0.39, 0.29) is 11.9 Å². The minimum absolute atomic E-state index is 0.00300. The van der Waals surface area contributed by atoms with Gasteiger partial charge in [-0.15, -0.1) is 0 Å². The topological polar surface area (TPSA) is 61.4 Å². The van der Waals surface area contributed by atoms with Gasteiger partial charge in [-0.3, -0.25) is 4.79 Å². The Balaban J connectivity index is 1.69. The number of nitrogens with one attached hydrogen (secondary N) is 2. The Hall–Kier alpha value is -2.82. The summed E-state index contributed by atoms with van der Waals surface area (Å²) in [5.74, 6) is -0.00300. The molecule has 0 aliphatic carbocycles. The first-order valence-electron chi connectivity index (χ1n) is 9.17. The molecule has 1 atom stereocenters. The minimum atomic E-state index is -0.570. The van der Waals surface area contributed by atoms with Crippen LogP contribution in [-0.2, 0) is 11.2 Å². The number of rotatable bonds is 5. The fraction of sp³-hybridized carbons (Fsp3) is 0.333. The van der Waals surface area contributed by atoms with E-state index in [1.54, 1.807) is 0 Å². The zero-order valence-electron chi connectivity index (χ0n) is 14.9. The molecular weight excluding hydrogens is 326 g/mol. The van der Waals surface area contributed by atoms with Crippen molar-refractivity contribution < 1.29 is 9.59 Å². The van der Waals surface area contributed by atoms with Crippen molar-refractivity contribution in [2.24, 2.45) is 0 Å². The summed E-state index contributed by atoms with van der Waals surface area (Å²) in [6.07, 6.45) is 3.70. The van der Waals surface area contributed by atoms with Gasteiger partial charge in [-0.1, -0.05) is 48.5 Å². The molecule has 5 heteroatoms. The first kappa shape index (κ1) is 18.0. The van der Waals surface area contributed by atoms with Gasteiger partial charge in [-0.05, 0) is 37.0 Å². The number of benzene rings is 2. The van der Waals surface area contributed by atoms with Crippen LogP contribution in [0.25, 0.3) is 0 Å². The van der Waals surface area contributed by atoms with Crippen LogP contribution in [0.3, 0.4) is 0 Å². The molecule has 0 bridgehead atoms. The van der Waals surface area contributed by atoms with Gasteiger partial charge in [0.15, 0.2) is 0 Å². The highest BCUT2D eigenvalue weighted by Gasteiger charge is 2.27. The number of carbonyl (C=O) groups is 2. The highest BCUT2D eigenvalue weighted by atomic mass is 16.2. The van der Waals surface area contributed by atoms with Crippen LogP contribution >= 0.6 is 0 Å². The molecule has 136 valence electrons. The predicted molar refractivity (Wildman–Crippen MR) is 103 cm³/mol. The number of hydrogen-bond acceptors (Lipinski definition) is 2. The number of para-hydroxylation sites is 1. The molecule has 0 unspecified atom stereocenters. The summed E-state index contributed by atoms with van der Waals surface area (Å²) < 4.78 is 0. The van der Waals surface area contributed by atoms with Crippen LogP contribution in [0.15, 0.2) is 60.7 Å². The standard InChI is InChI=1S/C21H25N3O2/c25-20(24-14-8-3-9-15-24)19(16-17-10-4-1-5-11-17)23-21(26)22-18-12-6-2-7-13-18/h1-2,4-7,10-13,19H,3,8-9,14-16H2,(H2,22,23,26)/t19-/m0/s1. The molecule has 26 heavy (non-hydrogen) atoms. The SMILES string of the molecule is O=C(Nc1ccccc1)N[C@@H](Cc1ccccc1)C(=O)N1CCCCC1. The van der Waals surface area contributed by atoms with Gasteiger partial charge in [0.2, 0.25) is 5.91 Å². The van der Waals surface area contributed by atoms with Gasteiger partial charge in [-0.2, -0.15) is 0 Å². The van der Waals surface area contributed by atoms with Crippen LogP contribution in [0, 0.1) is 0 Å². The third kappa shape index (κ3) is 5.09. The Morgan fingerprint density at radius 1 is 0.885 bits per heavy atom. The van der Waals surface area contributed by atoms with E-state index in [1.165, 1.54) is 0 Å². The summed E-state index contributed by atoms with van der Waals surface area (Å²) in [7, 11) is 0. The Morgan fingerprint density at radius 2 is 1.50 bits per heavy atom. The van der Waals surface area contributed by atoms with Crippen molar-refractivity contribution in [2.45, 2.75) is 31.7 Å². The quantitative estimate of drug-likeness (QED) is 0.867. The lowest BCUT2D eigenvalue weighted by Crippen LogP contribution is -2.52. The average molecular weight is 351 g/mol. The second-order valence-corrected chi connectivity index (χ2v) is 6.59. The number of amides is 3. The van der Waals surface area contributed by atoms with Crippen LogP contribution in [-0.4, -0.2) is 36.0 Å². The third-order valence-electron chi connectivity index (χ3n) is 4.59. The number of piperidine rings is 1. The molecule has 1 aliphatic heterocycles. The summed E-state index contributed by atoms with van der Waals surface area (Å²) in [6, 6.07) is 18.1. The van der Waals surface area contributed by atoms with Crippen LogP contribution in [0.2, 0.25) is 0 Å². The van der Waals surface area contributed by atoms with E-state index in [0.29, 0.717) is 12.1 Å². The minimum Gasteiger partial charge on any atom is -0.341 e. The average Bonchev–Trinajstić information content (AvgIpc) is 2.69. The van der Waals surface area contributed by atoms with Crippen LogP contribution in [0.4, 0.5) is 10.5 Å². The van der Waals surface area contributed by atoms with Gasteiger partial charge in [-0.25, -0.2) is 4.79 Å². The van der Waals surface area contributed by atoms with E-state index in [2.05, 4.69) is 10.6 Å². The number of anilines is 1. The summed E-state index contributed by atoms with van der Waals surface area (Å²) in [4.78, 5) is 27.3. The summed E-state index contributed by atoms with van der Waals surface area (Å²) in [5.41, 5.74) is 1.73. The normalized spacial score (nSPS) is 15.2. The third-order valence-corrected chi connectivity index (χ3v) is 4.59. The Bertz CT molecular complexity index is 713. The predicted octanol–water partition coefficient (Wildman–Crippen LogP) is 3.43. The molecule has 0 radical (unpaired) electrons. The first-order chi connectivity index (χ1) is 12.7. The molecule has 2 aromatic rings. The number of likely N-dealkylation sites (tertiary alicyclic amines) is 1. The van der Waals surface area contributed by atoms with Crippen LogP contribution < -0.4 is 10.6 Å². The summed E-state index contributed by atoms with van der Waals surface area (Å²) in [5, 5.41) is 5.66. The van der Waals surface area contributed by atoms with Gasteiger partial charge < -0.3 is 15.5 Å². The maximum Gasteiger partial charge on any atom is 0.319 e. The smallest absolute Gasteiger partial charge is 0.319 e. The Labute approximate surface area is 154 Å². The molecule has 1 fully saturated rings. The van der Waals surface area contributed by atoms with Crippen molar-refractivity contribution >= 4 is 17.6 Å². The first-order valence-corrected chi connectivity index (χ1v) is 9.17. The zero-order valence-corrected chi connectivity index (χ0v) is 14.9. The number of carbonyl (C=O) groups excluding carboxylic acids is 2. The highest BCUT2D eigenvalue weighted by Crippen LogP contribution is 2.13. The fourth-order valence-corrected chi connectivity index (χ4v) is 3.23. The van der Waals surface area contributed by atoms with Crippen molar-refractivity contribution in [3.8, 4) is 0 Å². The van der Waals surface area contributed by atoms with E-state index < -0.39 is 6.04 Å². The highest BCUT2D eigenvalue weighted by molar-refractivity contribution is 5.93. The van der Waals surface area contributed by atoms with Crippen molar-refractivity contribution in [1.29, 1.82) is 0 Å². The van der Waals surface area contributed by atoms with Gasteiger partial charge in [0.05, 0.1) is 0 Å². The fourth-order valence-electron chi connectivity index (χ4n) is 3.23. The number of urea groups is 1. The maximum atomic E-state index is 13.0. The molecule has 3 rings (SSSR count). The second-order valence-electron chi connectivity index (χ2n) is 6.59. The van der Waals surface area contributed by atoms with Gasteiger partial charge >= 0.3 is 6.03 Å². The lowest BCUT2D eigenvalue weighted by atomic mass is 10.0. The van der Waals surface area contributed by atoms with Crippen LogP contribution in [0.5, 0.6) is 0 Å². The molecule has 0 saturated carbocycles. The Kier molecular flexibility index (Phi) is 6.25. The van der Waals surface area contributed by atoms with Gasteiger partial charge in [0.25, 0.3) is 0 Å². The molecule has 2 aromatic carbocycles. The van der Waals surface area contributed by atoms with Crippen molar-refractivity contribution in [2.75, 3.05) is 18.4 Å². The molecule has 3 amide bonds. The molecule has 1 aliphatic rings. The molecular formula is C21H25N3O2. The van der Waals surface area contributed by atoms with Crippen molar-refractivity contribution in [3.05, 3.63) is 66.2 Å². The van der Waals surface area contributed by atoms with Crippen molar-refractivity contribution in [1.82, 2.24) is 10.2 Å². The lowest BCUT2D eigenvalue weighted by Gasteiger charge is -2.31. The molecule has 5 nitrogen and oxygen atoms in total. The second kappa shape index (κ2) is 9.04. The van der Waals surface area contributed by atoms with E-state index in [0.717, 1.165) is 37.9 Å². The van der Waals surface area contributed by atoms with Gasteiger partial charge in [0.1, 0.15) is 6.04 Å². The van der Waals surface area contributed by atoms with E-state index in [1.807, 2.05) is 65.6 Å². The molecule has 0 aromatic heterocycles. The Morgan fingerprint density at radius 3 is 2.15 bits per heavy atom. The van der Waals surface area contributed by atoms with E-state index >= 15 is 0 Å². The molecule has 1 saturated heterocycles. The summed E-state index contributed by atoms with van der Waals surface area (Å²) >= 11 is 0. The van der Waals surface area contributed by atoms with E-state index in [9.17, 15) is 9.59 Å². The van der Waals surface area contributed by atoms with Gasteiger partial charge in [0, 0.05) is 25.2 Å². The van der Waals surface area contributed by atoms with Crippen molar-refractivity contribution in [3.63, 3.8) is 0 Å². The largest absolute Gasteiger partial charge is 0.341 e. The summed E-state index contributed by atoms with van der Waals surface area (Å²) in [6.45, 7) is 1.54. The van der Waals surface area contributed by atoms with E-state index in [4.69, 9.17) is 0 Å². The molecule has 1 heterocycles.